The molecule has 0 fully saturated rings. The van der Waals surface area contributed by atoms with E-state index in [0.717, 1.165) is 44.5 Å². The standard InChI is InChI=1S/C41H26N4O/c46-41-35-24-21-28-10-9-25-42-38(28)39(35)43-40(45(41)32-13-5-2-6-14-32)29-19-17-27(18-20-29)30-22-23-34-33-15-7-8-16-36(33)44(37(34)26-30)31-11-3-1-4-12-31/h1-26H. The molecular formula is C41H26N4O. The van der Waals surface area contributed by atoms with Crippen molar-refractivity contribution in [1.82, 2.24) is 19.1 Å². The first-order valence-electron chi connectivity index (χ1n) is 15.3. The van der Waals surface area contributed by atoms with Crippen LogP contribution in [0.4, 0.5) is 0 Å². The van der Waals surface area contributed by atoms with Crippen LogP contribution >= 0.6 is 0 Å². The lowest BCUT2D eigenvalue weighted by Gasteiger charge is -2.15. The van der Waals surface area contributed by atoms with Crippen LogP contribution in [0.15, 0.2) is 163 Å². The van der Waals surface area contributed by atoms with Gasteiger partial charge in [0.05, 0.1) is 27.6 Å². The van der Waals surface area contributed by atoms with Crippen molar-refractivity contribution in [3.8, 4) is 33.9 Å². The third kappa shape index (κ3) is 4.06. The highest BCUT2D eigenvalue weighted by Gasteiger charge is 2.18. The van der Waals surface area contributed by atoms with Gasteiger partial charge in [0.15, 0.2) is 0 Å². The Hall–Kier alpha value is -6.33. The number of fused-ring (bicyclic) bond motifs is 6. The van der Waals surface area contributed by atoms with Gasteiger partial charge in [-0.25, -0.2) is 4.98 Å². The van der Waals surface area contributed by atoms with Crippen molar-refractivity contribution in [3.05, 3.63) is 168 Å². The summed E-state index contributed by atoms with van der Waals surface area (Å²) in [5.74, 6) is 0.577. The molecule has 0 amide bonds. The molecule has 9 aromatic rings. The monoisotopic (exact) mass is 590 g/mol. The molecular weight excluding hydrogens is 564 g/mol. The zero-order valence-electron chi connectivity index (χ0n) is 24.7. The molecule has 216 valence electrons. The molecule has 0 unspecified atom stereocenters. The average Bonchev–Trinajstić information content (AvgIpc) is 3.46. The highest BCUT2D eigenvalue weighted by atomic mass is 16.1. The fourth-order valence-electron chi connectivity index (χ4n) is 6.62. The molecule has 0 saturated heterocycles. The average molecular weight is 591 g/mol. The predicted molar refractivity (Wildman–Crippen MR) is 188 cm³/mol. The molecule has 0 bridgehead atoms. The first-order valence-corrected chi connectivity index (χ1v) is 15.3. The van der Waals surface area contributed by atoms with E-state index in [4.69, 9.17) is 4.98 Å². The summed E-state index contributed by atoms with van der Waals surface area (Å²) in [4.78, 5) is 23.8. The first kappa shape index (κ1) is 26.1. The van der Waals surface area contributed by atoms with Gasteiger partial charge in [0.1, 0.15) is 11.3 Å². The quantitative estimate of drug-likeness (QED) is 0.192. The molecule has 0 saturated carbocycles. The number of hydrogen-bond donors (Lipinski definition) is 0. The van der Waals surface area contributed by atoms with Crippen molar-refractivity contribution in [2.75, 3.05) is 0 Å². The SMILES string of the molecule is O=c1c2ccc3cccnc3c2nc(-c2ccc(-c3ccc4c5ccccc5n(-c5ccccc5)c4c3)cc2)n1-c1ccccc1. The van der Waals surface area contributed by atoms with E-state index < -0.39 is 0 Å². The van der Waals surface area contributed by atoms with E-state index in [9.17, 15) is 4.79 Å². The van der Waals surface area contributed by atoms with E-state index in [2.05, 4.69) is 101 Å². The van der Waals surface area contributed by atoms with Gasteiger partial charge in [-0.05, 0) is 59.7 Å². The van der Waals surface area contributed by atoms with E-state index >= 15 is 0 Å². The third-order valence-corrected chi connectivity index (χ3v) is 8.79. The van der Waals surface area contributed by atoms with E-state index in [1.165, 1.54) is 16.3 Å². The molecule has 9 rings (SSSR count). The van der Waals surface area contributed by atoms with E-state index in [-0.39, 0.29) is 5.56 Å². The van der Waals surface area contributed by atoms with Gasteiger partial charge in [0.2, 0.25) is 0 Å². The smallest absolute Gasteiger partial charge is 0.266 e. The zero-order chi connectivity index (χ0) is 30.6. The van der Waals surface area contributed by atoms with Crippen molar-refractivity contribution in [2.24, 2.45) is 0 Å². The van der Waals surface area contributed by atoms with Crippen LogP contribution in [0.3, 0.4) is 0 Å². The predicted octanol–water partition coefficient (Wildman–Crippen LogP) is 9.36. The van der Waals surface area contributed by atoms with Crippen LogP contribution in [-0.4, -0.2) is 19.1 Å². The van der Waals surface area contributed by atoms with Crippen molar-refractivity contribution in [3.63, 3.8) is 0 Å². The fourth-order valence-corrected chi connectivity index (χ4v) is 6.62. The summed E-state index contributed by atoms with van der Waals surface area (Å²) in [6, 6.07) is 51.4. The molecule has 46 heavy (non-hydrogen) atoms. The fraction of sp³-hybridized carbons (Fsp3) is 0. The minimum absolute atomic E-state index is 0.123. The Labute approximate surface area is 264 Å². The molecule has 5 nitrogen and oxygen atoms in total. The largest absolute Gasteiger partial charge is 0.309 e. The Balaban J connectivity index is 1.22. The highest BCUT2D eigenvalue weighted by Crippen LogP contribution is 2.35. The van der Waals surface area contributed by atoms with Crippen molar-refractivity contribution >= 4 is 43.6 Å². The molecule has 0 aliphatic heterocycles. The van der Waals surface area contributed by atoms with Crippen molar-refractivity contribution in [1.29, 1.82) is 0 Å². The minimum atomic E-state index is -0.123. The summed E-state index contributed by atoms with van der Waals surface area (Å²) in [6.45, 7) is 0. The van der Waals surface area contributed by atoms with Crippen molar-refractivity contribution in [2.45, 2.75) is 0 Å². The summed E-state index contributed by atoms with van der Waals surface area (Å²) in [5, 5.41) is 3.93. The lowest BCUT2D eigenvalue weighted by molar-refractivity contribution is 0.977. The molecule has 0 radical (unpaired) electrons. The molecule has 6 aromatic carbocycles. The maximum absolute atomic E-state index is 14.1. The van der Waals surface area contributed by atoms with Gasteiger partial charge >= 0.3 is 0 Å². The second kappa shape index (κ2) is 10.4. The molecule has 3 aromatic heterocycles. The second-order valence-electron chi connectivity index (χ2n) is 11.4. The number of rotatable bonds is 4. The van der Waals surface area contributed by atoms with E-state index in [0.29, 0.717) is 16.7 Å². The number of hydrogen-bond acceptors (Lipinski definition) is 3. The van der Waals surface area contributed by atoms with E-state index in [1.54, 1.807) is 10.8 Å². The van der Waals surface area contributed by atoms with Gasteiger partial charge in [-0.2, -0.15) is 0 Å². The number of aromatic nitrogens is 4. The Morgan fingerprint density at radius 2 is 1.09 bits per heavy atom. The third-order valence-electron chi connectivity index (χ3n) is 8.79. The normalized spacial score (nSPS) is 11.6. The van der Waals surface area contributed by atoms with Gasteiger partial charge in [-0.3, -0.25) is 14.3 Å². The molecule has 0 aliphatic carbocycles. The summed E-state index contributed by atoms with van der Waals surface area (Å²) < 4.78 is 4.04. The molecule has 0 N–H and O–H groups in total. The lowest BCUT2D eigenvalue weighted by Crippen LogP contribution is -2.22. The summed E-state index contributed by atoms with van der Waals surface area (Å²) in [7, 11) is 0. The maximum atomic E-state index is 14.1. The maximum Gasteiger partial charge on any atom is 0.266 e. The van der Waals surface area contributed by atoms with E-state index in [1.807, 2.05) is 60.7 Å². The second-order valence-corrected chi connectivity index (χ2v) is 11.4. The van der Waals surface area contributed by atoms with Crippen LogP contribution in [0.5, 0.6) is 0 Å². The number of para-hydroxylation sites is 3. The lowest BCUT2D eigenvalue weighted by atomic mass is 10.0. The van der Waals surface area contributed by atoms with Crippen LogP contribution in [0.2, 0.25) is 0 Å². The first-order chi connectivity index (χ1) is 22.7. The Morgan fingerprint density at radius 3 is 1.87 bits per heavy atom. The van der Waals surface area contributed by atoms with Gasteiger partial charge < -0.3 is 4.57 Å². The molecule has 0 aliphatic rings. The molecule has 0 atom stereocenters. The van der Waals surface area contributed by atoms with Gasteiger partial charge in [-0.15, -0.1) is 0 Å². The molecule has 0 spiro atoms. The Kier molecular flexibility index (Phi) is 5.90. The summed E-state index contributed by atoms with van der Waals surface area (Å²) in [6.07, 6.45) is 1.74. The molecule has 3 heterocycles. The van der Waals surface area contributed by atoms with Gasteiger partial charge in [0.25, 0.3) is 5.56 Å². The number of benzene rings is 6. The zero-order valence-corrected chi connectivity index (χ0v) is 24.7. The Bertz CT molecular complexity index is 2640. The highest BCUT2D eigenvalue weighted by molar-refractivity contribution is 6.10. The number of nitrogens with zero attached hydrogens (tertiary/aromatic N) is 4. The van der Waals surface area contributed by atoms with Crippen LogP contribution in [0, 0.1) is 0 Å². The van der Waals surface area contributed by atoms with Crippen molar-refractivity contribution < 1.29 is 0 Å². The topological polar surface area (TPSA) is 52.7 Å². The van der Waals surface area contributed by atoms with Crippen LogP contribution in [0.1, 0.15) is 0 Å². The minimum Gasteiger partial charge on any atom is -0.309 e. The van der Waals surface area contributed by atoms with Gasteiger partial charge in [-0.1, -0.05) is 103 Å². The Morgan fingerprint density at radius 1 is 0.457 bits per heavy atom. The summed E-state index contributed by atoms with van der Waals surface area (Å²) in [5.41, 5.74) is 8.47. The van der Waals surface area contributed by atoms with Crippen LogP contribution in [-0.2, 0) is 0 Å². The van der Waals surface area contributed by atoms with Crippen LogP contribution in [0.25, 0.3) is 77.5 Å². The van der Waals surface area contributed by atoms with Crippen LogP contribution < -0.4 is 5.56 Å². The number of pyridine rings is 1. The summed E-state index contributed by atoms with van der Waals surface area (Å²) >= 11 is 0. The molecule has 5 heteroatoms. The van der Waals surface area contributed by atoms with Gasteiger partial charge in [0, 0.05) is 33.6 Å².